The van der Waals surface area contributed by atoms with Crippen LogP contribution >= 0.6 is 0 Å². The predicted octanol–water partition coefficient (Wildman–Crippen LogP) is 3.01. The first-order valence-electron chi connectivity index (χ1n) is 7.92. The van der Waals surface area contributed by atoms with Gasteiger partial charge < -0.3 is 0 Å². The van der Waals surface area contributed by atoms with Gasteiger partial charge in [-0.15, -0.1) is 0 Å². The number of rotatable bonds is 5. The van der Waals surface area contributed by atoms with E-state index in [1.165, 1.54) is 0 Å². The smallest absolute Gasteiger partial charge is 0.243 e. The molecule has 1 heterocycles. The molecule has 2 fully saturated rings. The summed E-state index contributed by atoms with van der Waals surface area (Å²) in [5.41, 5.74) is 1.59. The molecule has 1 aromatic carbocycles. The van der Waals surface area contributed by atoms with Gasteiger partial charge in [-0.05, 0) is 62.1 Å². The standard InChI is InChI=1S/C17H20N2O2S/c1-11-9-14-3-2-4-15(17(14)18-10-11)22(20,21)19-16(12-5-6-12)13-7-8-13/h2-4,9-10,12-13,16,19H,5-8H2,1H3. The Morgan fingerprint density at radius 2 is 1.86 bits per heavy atom. The Morgan fingerprint density at radius 3 is 2.50 bits per heavy atom. The lowest BCUT2D eigenvalue weighted by atomic mass is 10.1. The third-order valence-corrected chi connectivity index (χ3v) is 6.14. The van der Waals surface area contributed by atoms with Gasteiger partial charge in [-0.3, -0.25) is 4.98 Å². The number of pyridine rings is 1. The Hall–Kier alpha value is -1.46. The van der Waals surface area contributed by atoms with Crippen molar-refractivity contribution in [3.8, 4) is 0 Å². The van der Waals surface area contributed by atoms with E-state index in [1.54, 1.807) is 18.3 Å². The van der Waals surface area contributed by atoms with Gasteiger partial charge in [0.05, 0.1) is 5.52 Å². The highest BCUT2D eigenvalue weighted by Crippen LogP contribution is 2.45. The van der Waals surface area contributed by atoms with E-state index in [2.05, 4.69) is 9.71 Å². The van der Waals surface area contributed by atoms with E-state index in [9.17, 15) is 8.42 Å². The Labute approximate surface area is 131 Å². The fourth-order valence-corrected chi connectivity index (χ4v) is 4.74. The average molecular weight is 316 g/mol. The lowest BCUT2D eigenvalue weighted by Crippen LogP contribution is -2.38. The monoisotopic (exact) mass is 316 g/mol. The van der Waals surface area contributed by atoms with Crippen LogP contribution in [0.15, 0.2) is 35.4 Å². The van der Waals surface area contributed by atoms with Crippen molar-refractivity contribution in [2.45, 2.75) is 43.5 Å². The third-order valence-electron chi connectivity index (χ3n) is 4.65. The second kappa shape index (κ2) is 5.03. The summed E-state index contributed by atoms with van der Waals surface area (Å²) in [5, 5.41) is 0.872. The number of aromatic nitrogens is 1. The van der Waals surface area contributed by atoms with Crippen LogP contribution in [0.3, 0.4) is 0 Å². The predicted molar refractivity (Wildman–Crippen MR) is 86.0 cm³/mol. The Balaban J connectivity index is 1.73. The second-order valence-electron chi connectivity index (χ2n) is 6.66. The van der Waals surface area contributed by atoms with Crippen LogP contribution < -0.4 is 4.72 Å². The van der Waals surface area contributed by atoms with E-state index in [-0.39, 0.29) is 6.04 Å². The first-order valence-corrected chi connectivity index (χ1v) is 9.40. The van der Waals surface area contributed by atoms with E-state index in [0.717, 1.165) is 36.6 Å². The fourth-order valence-electron chi connectivity index (χ4n) is 3.19. The molecule has 0 amide bonds. The summed E-state index contributed by atoms with van der Waals surface area (Å²) >= 11 is 0. The molecule has 0 saturated heterocycles. The minimum atomic E-state index is -3.52. The molecule has 0 atom stereocenters. The van der Waals surface area contributed by atoms with Gasteiger partial charge in [0.1, 0.15) is 4.90 Å². The summed E-state index contributed by atoms with van der Waals surface area (Å²) in [7, 11) is -3.52. The zero-order valence-electron chi connectivity index (χ0n) is 12.6. The zero-order chi connectivity index (χ0) is 15.3. The van der Waals surface area contributed by atoms with Gasteiger partial charge in [-0.1, -0.05) is 12.1 Å². The van der Waals surface area contributed by atoms with Gasteiger partial charge in [0.25, 0.3) is 0 Å². The summed E-state index contributed by atoms with van der Waals surface area (Å²) in [6.07, 6.45) is 6.32. The molecule has 1 aromatic heterocycles. The maximum Gasteiger partial charge on any atom is 0.243 e. The Bertz CT molecular complexity index is 812. The lowest BCUT2D eigenvalue weighted by molar-refractivity contribution is 0.471. The van der Waals surface area contributed by atoms with Crippen LogP contribution in [0.25, 0.3) is 10.9 Å². The van der Waals surface area contributed by atoms with Crippen molar-refractivity contribution >= 4 is 20.9 Å². The highest BCUT2D eigenvalue weighted by molar-refractivity contribution is 7.89. The van der Waals surface area contributed by atoms with Gasteiger partial charge in [0.2, 0.25) is 10.0 Å². The number of nitrogens with zero attached hydrogens (tertiary/aromatic N) is 1. The minimum Gasteiger partial charge on any atom is -0.255 e. The number of nitrogens with one attached hydrogen (secondary N) is 1. The van der Waals surface area contributed by atoms with Crippen LogP contribution in [0, 0.1) is 18.8 Å². The zero-order valence-corrected chi connectivity index (χ0v) is 13.4. The van der Waals surface area contributed by atoms with E-state index < -0.39 is 10.0 Å². The van der Waals surface area contributed by atoms with Gasteiger partial charge >= 0.3 is 0 Å². The molecule has 2 aliphatic rings. The van der Waals surface area contributed by atoms with Gasteiger partial charge in [0.15, 0.2) is 0 Å². The van der Waals surface area contributed by atoms with E-state index in [0.29, 0.717) is 22.2 Å². The molecule has 4 nitrogen and oxygen atoms in total. The van der Waals surface area contributed by atoms with Crippen molar-refractivity contribution in [1.82, 2.24) is 9.71 Å². The molecule has 0 spiro atoms. The largest absolute Gasteiger partial charge is 0.255 e. The number of para-hydroxylation sites is 1. The van der Waals surface area contributed by atoms with Crippen molar-refractivity contribution in [2.75, 3.05) is 0 Å². The maximum atomic E-state index is 12.9. The second-order valence-corrected chi connectivity index (χ2v) is 8.34. The molecule has 0 radical (unpaired) electrons. The molecule has 5 heteroatoms. The first-order chi connectivity index (χ1) is 10.5. The number of hydrogen-bond acceptors (Lipinski definition) is 3. The molecule has 2 aromatic rings. The van der Waals surface area contributed by atoms with E-state index in [1.807, 2.05) is 19.1 Å². The number of sulfonamides is 1. The summed E-state index contributed by atoms with van der Waals surface area (Å²) < 4.78 is 28.7. The number of benzene rings is 1. The summed E-state index contributed by atoms with van der Waals surface area (Å²) in [4.78, 5) is 4.66. The van der Waals surface area contributed by atoms with Gasteiger partial charge in [0, 0.05) is 17.6 Å². The van der Waals surface area contributed by atoms with Crippen molar-refractivity contribution in [1.29, 1.82) is 0 Å². The maximum absolute atomic E-state index is 12.9. The molecule has 0 unspecified atom stereocenters. The molecule has 1 N–H and O–H groups in total. The average Bonchev–Trinajstić information content (AvgIpc) is 3.37. The molecule has 116 valence electrons. The van der Waals surface area contributed by atoms with Gasteiger partial charge in [-0.25, -0.2) is 13.1 Å². The number of fused-ring (bicyclic) bond motifs is 1. The van der Waals surface area contributed by atoms with Crippen molar-refractivity contribution in [2.24, 2.45) is 11.8 Å². The Morgan fingerprint density at radius 1 is 1.18 bits per heavy atom. The van der Waals surface area contributed by atoms with Crippen LogP contribution in [0.4, 0.5) is 0 Å². The topological polar surface area (TPSA) is 59.1 Å². The summed E-state index contributed by atoms with van der Waals surface area (Å²) in [6.45, 7) is 1.96. The van der Waals surface area contributed by atoms with Crippen LogP contribution in [0.2, 0.25) is 0 Å². The van der Waals surface area contributed by atoms with Crippen LogP contribution in [0.1, 0.15) is 31.2 Å². The SMILES string of the molecule is Cc1cnc2c(S(=O)(=O)NC(C3CC3)C3CC3)cccc2c1. The molecule has 4 rings (SSSR count). The number of aryl methyl sites for hydroxylation is 1. The molecule has 2 aliphatic carbocycles. The van der Waals surface area contributed by atoms with Crippen LogP contribution in [0.5, 0.6) is 0 Å². The molecular weight excluding hydrogens is 296 g/mol. The third kappa shape index (κ3) is 2.63. The van der Waals surface area contributed by atoms with Crippen LogP contribution in [-0.2, 0) is 10.0 Å². The van der Waals surface area contributed by atoms with Crippen LogP contribution in [-0.4, -0.2) is 19.4 Å². The van der Waals surface area contributed by atoms with E-state index in [4.69, 9.17) is 0 Å². The summed E-state index contributed by atoms with van der Waals surface area (Å²) in [5.74, 6) is 1.07. The first kappa shape index (κ1) is 14.2. The Kier molecular flexibility index (Phi) is 3.24. The van der Waals surface area contributed by atoms with E-state index >= 15 is 0 Å². The quantitative estimate of drug-likeness (QED) is 0.922. The molecule has 0 aliphatic heterocycles. The van der Waals surface area contributed by atoms with Gasteiger partial charge in [-0.2, -0.15) is 0 Å². The molecular formula is C17H20N2O2S. The molecule has 22 heavy (non-hydrogen) atoms. The minimum absolute atomic E-state index is 0.116. The molecule has 0 bridgehead atoms. The lowest BCUT2D eigenvalue weighted by Gasteiger charge is -2.18. The van der Waals surface area contributed by atoms with Crippen molar-refractivity contribution in [3.05, 3.63) is 36.0 Å². The van der Waals surface area contributed by atoms with Crippen molar-refractivity contribution in [3.63, 3.8) is 0 Å². The highest BCUT2D eigenvalue weighted by Gasteiger charge is 2.43. The summed E-state index contributed by atoms with van der Waals surface area (Å²) in [6, 6.07) is 7.45. The highest BCUT2D eigenvalue weighted by atomic mass is 32.2. The normalized spacial score (nSPS) is 19.0. The number of hydrogen-bond donors (Lipinski definition) is 1. The fraction of sp³-hybridized carbons (Fsp3) is 0.471. The van der Waals surface area contributed by atoms with Crippen molar-refractivity contribution < 1.29 is 8.42 Å². The molecule has 2 saturated carbocycles.